The Morgan fingerprint density at radius 1 is 0.608 bits per heavy atom. The third-order valence-corrected chi connectivity index (χ3v) is 7.11. The number of carbonyl (C=O) groups is 10. The Bertz CT molecular complexity index is 1360. The number of ketones is 1. The molecule has 286 valence electrons. The Balaban J connectivity index is 6.25. The van der Waals surface area contributed by atoms with Gasteiger partial charge in [-0.15, -0.1) is 0 Å². The number of hydrogen-bond donors (Lipinski definition) is 13. The largest absolute Gasteiger partial charge is 0.481 e. The standard InChI is InChI=1S/C27H42N8O15S/c28-12(25(47)48)3-4-18(37)32-13(7-19(38)39)17(36)6-11(2-1-5-31-27(29)30)22(44)33-14(8-20(40)41)23(45)34-15(9-21(42)43)24(46)35-16(10-51)26(49)50/h11-16,51H,1-10,28H2,(H,32,37)(H,33,44)(H,34,45)(H,35,46)(H,38,39)(H,40,41)(H,42,43)(H,47,48)(H,49,50)(H4,29,30,31)/t11-,12+,13+,14+,15+,16+/m1/s1. The molecule has 4 amide bonds. The Morgan fingerprint density at radius 3 is 1.51 bits per heavy atom. The zero-order valence-electron chi connectivity index (χ0n) is 27.0. The van der Waals surface area contributed by atoms with Crippen LogP contribution in [0.25, 0.3) is 0 Å². The molecule has 0 heterocycles. The molecule has 15 N–H and O–H groups in total. The summed E-state index contributed by atoms with van der Waals surface area (Å²) in [6.07, 6.45) is -5.03. The molecule has 0 aromatic rings. The zero-order valence-corrected chi connectivity index (χ0v) is 27.9. The highest BCUT2D eigenvalue weighted by molar-refractivity contribution is 7.80. The van der Waals surface area contributed by atoms with Gasteiger partial charge in [0, 0.05) is 31.1 Å². The van der Waals surface area contributed by atoms with E-state index in [1.54, 1.807) is 0 Å². The Labute approximate surface area is 294 Å². The molecule has 51 heavy (non-hydrogen) atoms. The van der Waals surface area contributed by atoms with Gasteiger partial charge in [0.25, 0.3) is 0 Å². The molecule has 0 aliphatic carbocycles. The number of amides is 4. The lowest BCUT2D eigenvalue weighted by molar-refractivity contribution is -0.145. The van der Waals surface area contributed by atoms with Crippen molar-refractivity contribution in [1.82, 2.24) is 21.3 Å². The van der Waals surface area contributed by atoms with Crippen molar-refractivity contribution in [2.75, 3.05) is 12.3 Å². The monoisotopic (exact) mass is 750 g/mol. The number of guanidine groups is 1. The number of nitrogens with two attached hydrogens (primary N) is 3. The van der Waals surface area contributed by atoms with Crippen molar-refractivity contribution in [3.63, 3.8) is 0 Å². The van der Waals surface area contributed by atoms with E-state index in [9.17, 15) is 63.3 Å². The van der Waals surface area contributed by atoms with Gasteiger partial charge in [0.05, 0.1) is 25.3 Å². The smallest absolute Gasteiger partial charge is 0.327 e. The third kappa shape index (κ3) is 19.3. The maximum Gasteiger partial charge on any atom is 0.327 e. The van der Waals surface area contributed by atoms with Crippen molar-refractivity contribution in [3.8, 4) is 0 Å². The molecule has 0 spiro atoms. The summed E-state index contributed by atoms with van der Waals surface area (Å²) in [7, 11) is 0. The highest BCUT2D eigenvalue weighted by Crippen LogP contribution is 2.16. The number of aliphatic imine (C=N–C) groups is 1. The van der Waals surface area contributed by atoms with Crippen LogP contribution in [0.3, 0.4) is 0 Å². The fraction of sp³-hybridized carbons (Fsp3) is 0.593. The van der Waals surface area contributed by atoms with Crippen molar-refractivity contribution < 1.29 is 73.5 Å². The van der Waals surface area contributed by atoms with Crippen molar-refractivity contribution in [2.24, 2.45) is 28.1 Å². The zero-order chi connectivity index (χ0) is 39.4. The van der Waals surface area contributed by atoms with Crippen molar-refractivity contribution >= 4 is 77.8 Å². The van der Waals surface area contributed by atoms with Crippen LogP contribution in [0.1, 0.15) is 51.4 Å². The first kappa shape index (κ1) is 45.5. The van der Waals surface area contributed by atoms with E-state index in [0.717, 1.165) is 0 Å². The van der Waals surface area contributed by atoms with Crippen molar-refractivity contribution in [1.29, 1.82) is 0 Å². The first-order valence-electron chi connectivity index (χ1n) is 14.9. The summed E-state index contributed by atoms with van der Waals surface area (Å²) in [5.74, 6) is -15.7. The summed E-state index contributed by atoms with van der Waals surface area (Å²) in [6, 6.07) is -8.70. The Kier molecular flexibility index (Phi) is 20.5. The van der Waals surface area contributed by atoms with Gasteiger partial charge in [0.2, 0.25) is 23.6 Å². The third-order valence-electron chi connectivity index (χ3n) is 6.75. The van der Waals surface area contributed by atoms with Gasteiger partial charge in [0.15, 0.2) is 11.7 Å². The lowest BCUT2D eigenvalue weighted by atomic mass is 9.91. The fourth-order valence-corrected chi connectivity index (χ4v) is 4.39. The molecule has 0 saturated carbocycles. The minimum Gasteiger partial charge on any atom is -0.481 e. The number of carboxylic acid groups (broad SMARTS) is 5. The second kappa shape index (κ2) is 23.0. The molecule has 24 heteroatoms. The first-order chi connectivity index (χ1) is 23.7. The van der Waals surface area contributed by atoms with Gasteiger partial charge in [-0.1, -0.05) is 0 Å². The van der Waals surface area contributed by atoms with E-state index in [1.165, 1.54) is 0 Å². The molecule has 0 radical (unpaired) electrons. The van der Waals surface area contributed by atoms with Gasteiger partial charge < -0.3 is 64.0 Å². The molecule has 0 saturated heterocycles. The van der Waals surface area contributed by atoms with E-state index in [1.807, 2.05) is 10.6 Å². The lowest BCUT2D eigenvalue weighted by Crippen LogP contribution is -2.57. The predicted molar refractivity (Wildman–Crippen MR) is 174 cm³/mol. The summed E-state index contributed by atoms with van der Waals surface area (Å²) in [5.41, 5.74) is 15.9. The van der Waals surface area contributed by atoms with Crippen LogP contribution in [0, 0.1) is 5.92 Å². The van der Waals surface area contributed by atoms with Crippen molar-refractivity contribution in [3.05, 3.63) is 0 Å². The van der Waals surface area contributed by atoms with Crippen LogP contribution in [-0.4, -0.2) is 133 Å². The lowest BCUT2D eigenvalue weighted by Gasteiger charge is -2.25. The van der Waals surface area contributed by atoms with Crippen LogP contribution in [0.15, 0.2) is 4.99 Å². The van der Waals surface area contributed by atoms with E-state index in [-0.39, 0.29) is 31.8 Å². The second-order valence-corrected chi connectivity index (χ2v) is 11.3. The Hall–Kier alpha value is -5.52. The number of nitrogens with zero attached hydrogens (tertiary/aromatic N) is 1. The number of carboxylic acids is 5. The molecular formula is C27H42N8O15S. The summed E-state index contributed by atoms with van der Waals surface area (Å²) >= 11 is 3.77. The number of Topliss-reactive ketones (excluding diaryl/α,β-unsaturated/α-hetero) is 1. The average Bonchev–Trinajstić information content (AvgIpc) is 3.01. The molecule has 0 aliphatic rings. The number of hydrogen-bond acceptors (Lipinski definition) is 13. The number of thiol groups is 1. The van der Waals surface area contributed by atoms with E-state index < -0.39 is 133 Å². The van der Waals surface area contributed by atoms with E-state index in [2.05, 4.69) is 28.3 Å². The average molecular weight is 751 g/mol. The van der Waals surface area contributed by atoms with Crippen LogP contribution in [-0.2, 0) is 47.9 Å². The van der Waals surface area contributed by atoms with Crippen LogP contribution >= 0.6 is 12.6 Å². The second-order valence-electron chi connectivity index (χ2n) is 10.9. The van der Waals surface area contributed by atoms with Crippen LogP contribution in [0.5, 0.6) is 0 Å². The SMILES string of the molecule is NC(N)=NCCC[C@H](CC(=O)[C@H](CC(=O)O)NC(=O)CC[C@H](N)C(=O)O)C(=O)N[C@@H](CC(=O)O)C(=O)N[C@@H](CC(=O)O)C(=O)N[C@@H](CS)C(=O)O. The van der Waals surface area contributed by atoms with E-state index >= 15 is 0 Å². The summed E-state index contributed by atoms with van der Waals surface area (Å²) < 4.78 is 0. The number of carbonyl (C=O) groups excluding carboxylic acids is 5. The van der Waals surface area contributed by atoms with Gasteiger partial charge in [0.1, 0.15) is 24.2 Å². The molecule has 0 fully saturated rings. The summed E-state index contributed by atoms with van der Waals surface area (Å²) in [4.78, 5) is 125. The van der Waals surface area contributed by atoms with Gasteiger partial charge in [-0.05, 0) is 19.3 Å². The van der Waals surface area contributed by atoms with E-state index in [0.29, 0.717) is 0 Å². The van der Waals surface area contributed by atoms with Crippen LogP contribution in [0.4, 0.5) is 0 Å². The fourth-order valence-electron chi connectivity index (χ4n) is 4.14. The number of aliphatic carboxylic acids is 5. The molecule has 0 aliphatic heterocycles. The van der Waals surface area contributed by atoms with E-state index in [4.69, 9.17) is 27.4 Å². The molecular weight excluding hydrogens is 708 g/mol. The summed E-state index contributed by atoms with van der Waals surface area (Å²) in [6.45, 7) is -0.0753. The summed E-state index contributed by atoms with van der Waals surface area (Å²) in [5, 5.41) is 54.2. The van der Waals surface area contributed by atoms with Crippen LogP contribution < -0.4 is 38.5 Å². The minimum atomic E-state index is -2.00. The molecule has 0 bridgehead atoms. The van der Waals surface area contributed by atoms with Crippen molar-refractivity contribution in [2.45, 2.75) is 81.6 Å². The molecule has 6 atom stereocenters. The normalized spacial score (nSPS) is 14.2. The minimum absolute atomic E-state index is 0.0127. The quantitative estimate of drug-likeness (QED) is 0.0171. The molecule has 23 nitrogen and oxygen atoms in total. The number of rotatable bonds is 26. The predicted octanol–water partition coefficient (Wildman–Crippen LogP) is -4.81. The van der Waals surface area contributed by atoms with Crippen LogP contribution in [0.2, 0.25) is 0 Å². The molecule has 0 unspecified atom stereocenters. The van der Waals surface area contributed by atoms with Gasteiger partial charge in [-0.25, -0.2) is 4.79 Å². The maximum absolute atomic E-state index is 13.4. The number of nitrogens with one attached hydrogen (secondary N) is 4. The highest BCUT2D eigenvalue weighted by atomic mass is 32.1. The molecule has 0 rings (SSSR count). The molecule has 0 aromatic carbocycles. The maximum atomic E-state index is 13.4. The molecule has 0 aromatic heterocycles. The Morgan fingerprint density at radius 2 is 1.08 bits per heavy atom. The highest BCUT2D eigenvalue weighted by Gasteiger charge is 2.34. The first-order valence-corrected chi connectivity index (χ1v) is 15.6. The van der Waals surface area contributed by atoms with Gasteiger partial charge in [-0.3, -0.25) is 48.1 Å². The topological polar surface area (TPSA) is 410 Å². The van der Waals surface area contributed by atoms with Gasteiger partial charge >= 0.3 is 29.8 Å². The van der Waals surface area contributed by atoms with Gasteiger partial charge in [-0.2, -0.15) is 12.6 Å².